The van der Waals surface area contributed by atoms with Gasteiger partial charge in [0.1, 0.15) is 11.6 Å². The third-order valence-electron chi connectivity index (χ3n) is 3.43. The summed E-state index contributed by atoms with van der Waals surface area (Å²) in [6.07, 6.45) is 0. The Bertz CT molecular complexity index is 591. The molecule has 0 fully saturated rings. The predicted octanol–water partition coefficient (Wildman–Crippen LogP) is 3.12. The Morgan fingerprint density at radius 1 is 1.05 bits per heavy atom. The number of methoxy groups -OCH3 is 1. The molecule has 1 aromatic heterocycles. The third-order valence-corrected chi connectivity index (χ3v) is 3.43. The van der Waals surface area contributed by atoms with Crippen molar-refractivity contribution in [2.45, 2.75) is 20.8 Å². The molecule has 2 rings (SSSR count). The van der Waals surface area contributed by atoms with Gasteiger partial charge in [-0.15, -0.1) is 10.2 Å². The highest BCUT2D eigenvalue weighted by atomic mass is 16.5. The Hall–Kier alpha value is -2.10. The number of rotatable bonds is 3. The molecule has 0 aliphatic heterocycles. The van der Waals surface area contributed by atoms with Crippen LogP contribution in [0.4, 0.5) is 5.82 Å². The van der Waals surface area contributed by atoms with Crippen molar-refractivity contribution in [3.05, 3.63) is 34.9 Å². The van der Waals surface area contributed by atoms with E-state index in [9.17, 15) is 0 Å². The first-order valence-corrected chi connectivity index (χ1v) is 6.25. The summed E-state index contributed by atoms with van der Waals surface area (Å²) in [6, 6.07) is 6.01. The van der Waals surface area contributed by atoms with Crippen molar-refractivity contribution in [2.75, 3.05) is 19.5 Å². The van der Waals surface area contributed by atoms with Crippen LogP contribution >= 0.6 is 0 Å². The van der Waals surface area contributed by atoms with E-state index in [0.29, 0.717) is 0 Å². The lowest BCUT2D eigenvalue weighted by molar-refractivity contribution is 0.408. The molecule has 1 heterocycles. The first-order chi connectivity index (χ1) is 9.08. The molecule has 4 heteroatoms. The number of aromatic nitrogens is 2. The van der Waals surface area contributed by atoms with Gasteiger partial charge in [-0.2, -0.15) is 0 Å². The van der Waals surface area contributed by atoms with E-state index in [0.717, 1.165) is 34.0 Å². The maximum Gasteiger partial charge on any atom is 0.148 e. The summed E-state index contributed by atoms with van der Waals surface area (Å²) in [5.74, 6) is 1.71. The van der Waals surface area contributed by atoms with Gasteiger partial charge in [-0.3, -0.25) is 0 Å². The Morgan fingerprint density at radius 2 is 1.79 bits per heavy atom. The summed E-state index contributed by atoms with van der Waals surface area (Å²) < 4.78 is 5.44. The molecule has 0 saturated carbocycles. The molecule has 19 heavy (non-hydrogen) atoms. The maximum absolute atomic E-state index is 5.44. The molecule has 0 bridgehead atoms. The predicted molar refractivity (Wildman–Crippen MR) is 77.8 cm³/mol. The van der Waals surface area contributed by atoms with Crippen LogP contribution in [0.3, 0.4) is 0 Å². The highest BCUT2D eigenvalue weighted by Crippen LogP contribution is 2.33. The number of benzene rings is 1. The van der Waals surface area contributed by atoms with Crippen LogP contribution < -0.4 is 10.1 Å². The molecule has 0 unspecified atom stereocenters. The summed E-state index contributed by atoms with van der Waals surface area (Å²) in [7, 11) is 3.53. The van der Waals surface area contributed by atoms with Gasteiger partial charge in [-0.25, -0.2) is 0 Å². The quantitative estimate of drug-likeness (QED) is 0.917. The van der Waals surface area contributed by atoms with E-state index in [2.05, 4.69) is 35.4 Å². The highest BCUT2D eigenvalue weighted by Gasteiger charge is 2.13. The molecule has 0 amide bonds. The molecule has 0 radical (unpaired) electrons. The Balaban J connectivity index is 2.56. The molecule has 0 spiro atoms. The minimum absolute atomic E-state index is 0.767. The minimum Gasteiger partial charge on any atom is -0.496 e. The number of anilines is 1. The standard InChI is InChI=1S/C15H19N3O/c1-9-8-12(10(2)11(3)15(9)19-5)13-6-7-14(16-4)18-17-13/h6-8H,1-5H3,(H,16,18). The maximum atomic E-state index is 5.44. The minimum atomic E-state index is 0.767. The van der Waals surface area contributed by atoms with Gasteiger partial charge in [-0.05, 0) is 55.7 Å². The fourth-order valence-corrected chi connectivity index (χ4v) is 2.25. The third kappa shape index (κ3) is 2.38. The highest BCUT2D eigenvalue weighted by molar-refractivity contribution is 5.69. The second kappa shape index (κ2) is 5.26. The normalized spacial score (nSPS) is 10.4. The molecule has 0 atom stereocenters. The largest absolute Gasteiger partial charge is 0.496 e. The summed E-state index contributed by atoms with van der Waals surface area (Å²) in [4.78, 5) is 0. The van der Waals surface area contributed by atoms with Gasteiger partial charge in [0.05, 0.1) is 12.8 Å². The Morgan fingerprint density at radius 3 is 2.32 bits per heavy atom. The lowest BCUT2D eigenvalue weighted by Gasteiger charge is -2.15. The van der Waals surface area contributed by atoms with Crippen LogP contribution in [-0.4, -0.2) is 24.4 Å². The van der Waals surface area contributed by atoms with Crippen LogP contribution in [0.15, 0.2) is 18.2 Å². The zero-order valence-corrected chi connectivity index (χ0v) is 12.0. The fraction of sp³-hybridized carbons (Fsp3) is 0.333. The zero-order chi connectivity index (χ0) is 14.0. The Kier molecular flexibility index (Phi) is 3.69. The fourth-order valence-electron chi connectivity index (χ4n) is 2.25. The molecule has 100 valence electrons. The lowest BCUT2D eigenvalue weighted by atomic mass is 9.96. The van der Waals surface area contributed by atoms with Crippen molar-refractivity contribution >= 4 is 5.82 Å². The summed E-state index contributed by atoms with van der Waals surface area (Å²) >= 11 is 0. The molecule has 1 N–H and O–H groups in total. The second-order valence-corrected chi connectivity index (χ2v) is 4.58. The lowest BCUT2D eigenvalue weighted by Crippen LogP contribution is -1.99. The van der Waals surface area contributed by atoms with Gasteiger partial charge in [-0.1, -0.05) is 0 Å². The average Bonchev–Trinajstić information content (AvgIpc) is 2.43. The first kappa shape index (κ1) is 13.3. The van der Waals surface area contributed by atoms with Gasteiger partial charge in [0.2, 0.25) is 0 Å². The van der Waals surface area contributed by atoms with Crippen molar-refractivity contribution in [3.63, 3.8) is 0 Å². The van der Waals surface area contributed by atoms with Crippen LogP contribution in [0.2, 0.25) is 0 Å². The van der Waals surface area contributed by atoms with Crippen molar-refractivity contribution in [1.29, 1.82) is 0 Å². The Labute approximate surface area is 113 Å². The summed E-state index contributed by atoms with van der Waals surface area (Å²) in [6.45, 7) is 6.20. The molecule has 1 aromatic carbocycles. The van der Waals surface area contributed by atoms with Gasteiger partial charge in [0.15, 0.2) is 0 Å². The van der Waals surface area contributed by atoms with Gasteiger partial charge < -0.3 is 10.1 Å². The van der Waals surface area contributed by atoms with Crippen LogP contribution in [0.25, 0.3) is 11.3 Å². The monoisotopic (exact) mass is 257 g/mol. The molecule has 4 nitrogen and oxygen atoms in total. The van der Waals surface area contributed by atoms with E-state index in [1.807, 2.05) is 26.1 Å². The molecule has 2 aromatic rings. The summed E-state index contributed by atoms with van der Waals surface area (Å²) in [5, 5.41) is 11.4. The van der Waals surface area contributed by atoms with E-state index in [1.54, 1.807) is 7.11 Å². The van der Waals surface area contributed by atoms with Gasteiger partial charge in [0, 0.05) is 12.6 Å². The first-order valence-electron chi connectivity index (χ1n) is 6.25. The molecule has 0 aliphatic carbocycles. The van der Waals surface area contributed by atoms with E-state index in [1.165, 1.54) is 5.56 Å². The number of hydrogen-bond acceptors (Lipinski definition) is 4. The van der Waals surface area contributed by atoms with Crippen molar-refractivity contribution in [1.82, 2.24) is 10.2 Å². The zero-order valence-electron chi connectivity index (χ0n) is 12.0. The SMILES string of the molecule is CNc1ccc(-c2cc(C)c(OC)c(C)c2C)nn1. The van der Waals surface area contributed by atoms with Crippen molar-refractivity contribution in [2.24, 2.45) is 0 Å². The number of nitrogens with one attached hydrogen (secondary N) is 1. The van der Waals surface area contributed by atoms with E-state index >= 15 is 0 Å². The van der Waals surface area contributed by atoms with Crippen LogP contribution in [0.5, 0.6) is 5.75 Å². The van der Waals surface area contributed by atoms with E-state index in [-0.39, 0.29) is 0 Å². The topological polar surface area (TPSA) is 47.0 Å². The number of ether oxygens (including phenoxy) is 1. The number of nitrogens with zero attached hydrogens (tertiary/aromatic N) is 2. The van der Waals surface area contributed by atoms with Crippen molar-refractivity contribution in [3.8, 4) is 17.0 Å². The number of aryl methyl sites for hydroxylation is 1. The summed E-state index contributed by atoms with van der Waals surface area (Å²) in [5.41, 5.74) is 5.42. The van der Waals surface area contributed by atoms with Crippen LogP contribution in [0, 0.1) is 20.8 Å². The molecular formula is C15H19N3O. The van der Waals surface area contributed by atoms with Crippen LogP contribution in [0.1, 0.15) is 16.7 Å². The smallest absolute Gasteiger partial charge is 0.148 e. The van der Waals surface area contributed by atoms with Gasteiger partial charge in [0.25, 0.3) is 0 Å². The number of hydrogen-bond donors (Lipinski definition) is 1. The molecule has 0 saturated heterocycles. The van der Waals surface area contributed by atoms with Gasteiger partial charge >= 0.3 is 0 Å². The molecule has 0 aliphatic rings. The van der Waals surface area contributed by atoms with E-state index < -0.39 is 0 Å². The average molecular weight is 257 g/mol. The van der Waals surface area contributed by atoms with Crippen LogP contribution in [-0.2, 0) is 0 Å². The van der Waals surface area contributed by atoms with E-state index in [4.69, 9.17) is 4.74 Å². The molecular weight excluding hydrogens is 238 g/mol. The van der Waals surface area contributed by atoms with Crippen molar-refractivity contribution < 1.29 is 4.74 Å². The second-order valence-electron chi connectivity index (χ2n) is 4.58.